The molecule has 0 atom stereocenters. The van der Waals surface area contributed by atoms with Crippen molar-refractivity contribution in [2.24, 2.45) is 11.0 Å². The largest absolute Gasteiger partial charge is 0.857 e. The van der Waals surface area contributed by atoms with Gasteiger partial charge in [-0.05, 0) is 23.9 Å². The first-order valence-corrected chi connectivity index (χ1v) is 5.58. The summed E-state index contributed by atoms with van der Waals surface area (Å²) < 4.78 is 1.59. The summed E-state index contributed by atoms with van der Waals surface area (Å²) in [6.07, 6.45) is 9.21. The van der Waals surface area contributed by atoms with E-state index < -0.39 is 0 Å². The lowest BCUT2D eigenvalue weighted by molar-refractivity contribution is -0.682. The molecule has 1 fully saturated rings. The second-order valence-electron chi connectivity index (χ2n) is 4.03. The van der Waals surface area contributed by atoms with Crippen LogP contribution in [0, 0.1) is 5.92 Å². The molecule has 0 aliphatic heterocycles. The molecule has 0 N–H and O–H groups in total. The predicted molar refractivity (Wildman–Crippen MR) is 56.0 cm³/mol. The third-order valence-electron chi connectivity index (χ3n) is 2.87. The van der Waals surface area contributed by atoms with Crippen LogP contribution in [0.2, 0.25) is 0 Å². The number of aromatic nitrogens is 1. The van der Waals surface area contributed by atoms with E-state index in [2.05, 4.69) is 5.10 Å². The van der Waals surface area contributed by atoms with Crippen molar-refractivity contribution in [1.82, 2.24) is 0 Å². The Hall–Kier alpha value is -1.38. The minimum Gasteiger partial charge on any atom is -0.857 e. The highest BCUT2D eigenvalue weighted by molar-refractivity contribution is 5.73. The van der Waals surface area contributed by atoms with Crippen molar-refractivity contribution in [3.63, 3.8) is 0 Å². The number of pyridine rings is 1. The molecule has 1 saturated carbocycles. The van der Waals surface area contributed by atoms with Crippen LogP contribution in [0.5, 0.6) is 0 Å². The molecular weight excluding hydrogens is 188 g/mol. The van der Waals surface area contributed by atoms with Gasteiger partial charge in [0.1, 0.15) is 0 Å². The van der Waals surface area contributed by atoms with Crippen molar-refractivity contribution in [2.45, 2.75) is 32.1 Å². The molecule has 15 heavy (non-hydrogen) atoms. The van der Waals surface area contributed by atoms with Crippen LogP contribution in [0.4, 0.5) is 0 Å². The third-order valence-corrected chi connectivity index (χ3v) is 2.87. The van der Waals surface area contributed by atoms with Crippen molar-refractivity contribution in [3.8, 4) is 0 Å². The minimum absolute atomic E-state index is 0.0332. The van der Waals surface area contributed by atoms with Gasteiger partial charge in [-0.15, -0.1) is 0 Å². The lowest BCUT2D eigenvalue weighted by atomic mass is 9.89. The molecule has 3 nitrogen and oxygen atoms in total. The molecule has 1 aliphatic rings. The van der Waals surface area contributed by atoms with E-state index >= 15 is 0 Å². The Morgan fingerprint density at radius 2 is 1.73 bits per heavy atom. The van der Waals surface area contributed by atoms with Gasteiger partial charge in [-0.1, -0.05) is 30.0 Å². The van der Waals surface area contributed by atoms with Gasteiger partial charge >= 0.3 is 0 Å². The lowest BCUT2D eigenvalue weighted by Gasteiger charge is -2.24. The molecule has 0 bridgehead atoms. The highest BCUT2D eigenvalue weighted by Gasteiger charge is 2.14. The maximum atomic E-state index is 11.8. The Kier molecular flexibility index (Phi) is 3.33. The molecule has 1 aromatic heterocycles. The van der Waals surface area contributed by atoms with E-state index in [9.17, 15) is 5.11 Å². The van der Waals surface area contributed by atoms with Crippen LogP contribution in [0.1, 0.15) is 32.1 Å². The SMILES string of the molecule is [O-]/C(=N\[n+]1ccccc1)C1CCCCC1. The molecule has 0 amide bonds. The second kappa shape index (κ2) is 4.91. The number of nitrogens with zero attached hydrogens (tertiary/aromatic N) is 2. The van der Waals surface area contributed by atoms with Crippen LogP contribution in [0.15, 0.2) is 35.7 Å². The molecular formula is C12H16N2O. The summed E-state index contributed by atoms with van der Waals surface area (Å²) in [5.41, 5.74) is 0. The Labute approximate surface area is 90.1 Å². The Morgan fingerprint density at radius 1 is 1.07 bits per heavy atom. The van der Waals surface area contributed by atoms with Gasteiger partial charge in [-0.25, -0.2) is 0 Å². The third kappa shape index (κ3) is 2.78. The van der Waals surface area contributed by atoms with Crippen LogP contribution >= 0.6 is 0 Å². The summed E-state index contributed by atoms with van der Waals surface area (Å²) in [6.45, 7) is 0. The molecule has 0 spiro atoms. The first-order chi connectivity index (χ1) is 7.36. The lowest BCUT2D eigenvalue weighted by Crippen LogP contribution is -2.37. The van der Waals surface area contributed by atoms with Crippen LogP contribution in [-0.2, 0) is 0 Å². The number of hydrogen-bond donors (Lipinski definition) is 0. The minimum atomic E-state index is 0.0332. The fourth-order valence-corrected chi connectivity index (χ4v) is 2.00. The Morgan fingerprint density at radius 3 is 2.40 bits per heavy atom. The summed E-state index contributed by atoms with van der Waals surface area (Å²) >= 11 is 0. The van der Waals surface area contributed by atoms with E-state index in [1.54, 1.807) is 17.1 Å². The van der Waals surface area contributed by atoms with Gasteiger partial charge in [0.05, 0.1) is 0 Å². The van der Waals surface area contributed by atoms with Crippen LogP contribution in [-0.4, -0.2) is 5.90 Å². The summed E-state index contributed by atoms with van der Waals surface area (Å²) in [5, 5.41) is 15.8. The maximum absolute atomic E-state index is 11.8. The summed E-state index contributed by atoms with van der Waals surface area (Å²) in [4.78, 5) is 0. The number of hydrogen-bond acceptors (Lipinski definition) is 2. The van der Waals surface area contributed by atoms with Gasteiger partial charge < -0.3 is 5.11 Å². The maximum Gasteiger partial charge on any atom is 0.202 e. The van der Waals surface area contributed by atoms with Crippen molar-refractivity contribution < 1.29 is 9.78 Å². The quantitative estimate of drug-likeness (QED) is 0.403. The van der Waals surface area contributed by atoms with Crippen LogP contribution in [0.3, 0.4) is 0 Å². The topological polar surface area (TPSA) is 39.3 Å². The van der Waals surface area contributed by atoms with Crippen molar-refractivity contribution in [3.05, 3.63) is 30.6 Å². The molecule has 1 aromatic rings. The normalized spacial score (nSPS) is 19.1. The van der Waals surface area contributed by atoms with E-state index in [0.717, 1.165) is 12.8 Å². The van der Waals surface area contributed by atoms with Gasteiger partial charge in [-0.2, -0.15) is 0 Å². The highest BCUT2D eigenvalue weighted by atomic mass is 16.3. The zero-order valence-electron chi connectivity index (χ0n) is 8.80. The van der Waals surface area contributed by atoms with Gasteiger partial charge in [0.25, 0.3) is 0 Å². The molecule has 0 saturated heterocycles. The van der Waals surface area contributed by atoms with E-state index in [4.69, 9.17) is 0 Å². The van der Waals surface area contributed by atoms with Crippen molar-refractivity contribution >= 4 is 5.90 Å². The molecule has 2 rings (SSSR count). The van der Waals surface area contributed by atoms with E-state index in [0.29, 0.717) is 0 Å². The average molecular weight is 204 g/mol. The van der Waals surface area contributed by atoms with Gasteiger partial charge in [-0.3, -0.25) is 0 Å². The summed E-state index contributed by atoms with van der Waals surface area (Å²) in [5.74, 6) is 0.192. The monoisotopic (exact) mass is 204 g/mol. The smallest absolute Gasteiger partial charge is 0.202 e. The van der Waals surface area contributed by atoms with Gasteiger partial charge in [0.15, 0.2) is 0 Å². The Balaban J connectivity index is 2.06. The fraction of sp³-hybridized carbons (Fsp3) is 0.500. The predicted octanol–water partition coefficient (Wildman–Crippen LogP) is 1.08. The molecule has 1 heterocycles. The summed E-state index contributed by atoms with van der Waals surface area (Å²) in [7, 11) is 0. The summed E-state index contributed by atoms with van der Waals surface area (Å²) in [6, 6.07) is 5.66. The molecule has 1 aliphatic carbocycles. The van der Waals surface area contributed by atoms with E-state index in [1.807, 2.05) is 18.2 Å². The average Bonchev–Trinajstić information content (AvgIpc) is 2.31. The Bertz CT molecular complexity index is 329. The molecule has 3 heteroatoms. The molecule has 80 valence electrons. The fourth-order valence-electron chi connectivity index (χ4n) is 2.00. The second-order valence-corrected chi connectivity index (χ2v) is 4.03. The van der Waals surface area contributed by atoms with Crippen molar-refractivity contribution in [2.75, 3.05) is 0 Å². The first kappa shape index (κ1) is 10.1. The standard InChI is InChI=1S/C12H16N2O/c15-12(11-7-3-1-4-8-11)13-14-9-5-2-6-10-14/h2,5-6,9-11H,1,3-4,7-8H2. The first-order valence-electron chi connectivity index (χ1n) is 5.58. The van der Waals surface area contributed by atoms with E-state index in [-0.39, 0.29) is 11.8 Å². The van der Waals surface area contributed by atoms with Crippen molar-refractivity contribution in [1.29, 1.82) is 0 Å². The zero-order chi connectivity index (χ0) is 10.5. The van der Waals surface area contributed by atoms with Crippen LogP contribution < -0.4 is 9.78 Å². The molecule has 0 radical (unpaired) electrons. The van der Waals surface area contributed by atoms with Gasteiger partial charge in [0.2, 0.25) is 12.4 Å². The van der Waals surface area contributed by atoms with Crippen LogP contribution in [0.25, 0.3) is 0 Å². The highest BCUT2D eigenvalue weighted by Crippen LogP contribution is 2.23. The molecule has 0 aromatic carbocycles. The number of rotatable bonds is 2. The van der Waals surface area contributed by atoms with E-state index in [1.165, 1.54) is 19.3 Å². The molecule has 0 unspecified atom stereocenters. The zero-order valence-corrected chi connectivity index (χ0v) is 8.80. The van der Waals surface area contributed by atoms with Gasteiger partial charge in [0, 0.05) is 18.0 Å².